The summed E-state index contributed by atoms with van der Waals surface area (Å²) < 4.78 is 5.80. The van der Waals surface area contributed by atoms with Crippen LogP contribution >= 0.6 is 11.6 Å². The first kappa shape index (κ1) is 12.9. The van der Waals surface area contributed by atoms with Gasteiger partial charge in [-0.1, -0.05) is 23.7 Å². The lowest BCUT2D eigenvalue weighted by molar-refractivity contribution is 0.276. The summed E-state index contributed by atoms with van der Waals surface area (Å²) in [6.45, 7) is 3.90. The summed E-state index contributed by atoms with van der Waals surface area (Å²) in [5, 5.41) is 9.84. The van der Waals surface area contributed by atoms with E-state index < -0.39 is 0 Å². The first-order valence-corrected chi connectivity index (χ1v) is 6.12. The fraction of sp³-hybridized carbons (Fsp3) is 0.200. The second kappa shape index (κ2) is 5.42. The molecule has 1 N–H and O–H groups in total. The minimum atomic E-state index is -0.139. The maximum atomic E-state index is 9.32. The van der Waals surface area contributed by atoms with Crippen LogP contribution in [0.1, 0.15) is 16.7 Å². The van der Waals surface area contributed by atoms with Crippen molar-refractivity contribution in [3.05, 3.63) is 58.1 Å². The molecule has 2 nitrogen and oxygen atoms in total. The lowest BCUT2D eigenvalue weighted by Gasteiger charge is -2.12. The minimum Gasteiger partial charge on any atom is -0.457 e. The second-order valence-corrected chi connectivity index (χ2v) is 4.71. The van der Waals surface area contributed by atoms with Gasteiger partial charge in [0, 0.05) is 10.6 Å². The maximum Gasteiger partial charge on any atom is 0.134 e. The van der Waals surface area contributed by atoms with Crippen LogP contribution in [0.15, 0.2) is 36.4 Å². The molecule has 18 heavy (non-hydrogen) atoms. The fourth-order valence-corrected chi connectivity index (χ4v) is 2.13. The molecule has 0 radical (unpaired) electrons. The largest absolute Gasteiger partial charge is 0.457 e. The van der Waals surface area contributed by atoms with E-state index in [9.17, 15) is 5.11 Å². The molecule has 0 aliphatic rings. The van der Waals surface area contributed by atoms with Crippen LogP contribution in [0.2, 0.25) is 5.02 Å². The number of aliphatic hydroxyl groups excluding tert-OH is 1. The number of ether oxygens (including phenoxy) is 1. The average Bonchev–Trinajstić information content (AvgIpc) is 2.27. The molecule has 2 aromatic rings. The van der Waals surface area contributed by atoms with Gasteiger partial charge in [-0.05, 0) is 49.2 Å². The topological polar surface area (TPSA) is 29.5 Å². The third-order valence-corrected chi connectivity index (χ3v) is 3.01. The third-order valence-electron chi connectivity index (χ3n) is 2.66. The molecule has 3 heteroatoms. The fourth-order valence-electron chi connectivity index (χ4n) is 1.91. The van der Waals surface area contributed by atoms with Crippen molar-refractivity contribution >= 4 is 11.6 Å². The van der Waals surface area contributed by atoms with E-state index in [2.05, 4.69) is 6.07 Å². The lowest BCUT2D eigenvalue weighted by atomic mass is 10.1. The second-order valence-electron chi connectivity index (χ2n) is 4.30. The summed E-state index contributed by atoms with van der Waals surface area (Å²) in [6, 6.07) is 11.3. The highest BCUT2D eigenvalue weighted by Crippen LogP contribution is 2.31. The molecule has 0 unspecified atom stereocenters. The van der Waals surface area contributed by atoms with Gasteiger partial charge in [0.05, 0.1) is 6.61 Å². The van der Waals surface area contributed by atoms with Crippen LogP contribution in [0.4, 0.5) is 0 Å². The first-order chi connectivity index (χ1) is 8.60. The molecule has 0 fully saturated rings. The van der Waals surface area contributed by atoms with Gasteiger partial charge in [0.1, 0.15) is 11.5 Å². The first-order valence-electron chi connectivity index (χ1n) is 5.74. The number of benzene rings is 2. The van der Waals surface area contributed by atoms with Gasteiger partial charge in [0.25, 0.3) is 0 Å². The monoisotopic (exact) mass is 262 g/mol. The smallest absolute Gasteiger partial charge is 0.134 e. The van der Waals surface area contributed by atoms with Gasteiger partial charge in [0.2, 0.25) is 0 Å². The van der Waals surface area contributed by atoms with Gasteiger partial charge in [-0.3, -0.25) is 0 Å². The van der Waals surface area contributed by atoms with Gasteiger partial charge in [-0.2, -0.15) is 0 Å². The Morgan fingerprint density at radius 2 is 1.78 bits per heavy atom. The van der Waals surface area contributed by atoms with Crippen molar-refractivity contribution < 1.29 is 9.84 Å². The van der Waals surface area contributed by atoms with E-state index in [0.29, 0.717) is 16.3 Å². The van der Waals surface area contributed by atoms with Crippen LogP contribution in [-0.4, -0.2) is 5.11 Å². The number of rotatable bonds is 3. The van der Waals surface area contributed by atoms with Gasteiger partial charge in [-0.15, -0.1) is 0 Å². The predicted octanol–water partition coefficient (Wildman–Crippen LogP) is 4.24. The average molecular weight is 263 g/mol. The number of aliphatic hydroxyl groups is 1. The Balaban J connectivity index is 2.36. The molecular formula is C15H15ClO2. The lowest BCUT2D eigenvalue weighted by Crippen LogP contribution is -1.93. The van der Waals surface area contributed by atoms with E-state index in [0.717, 1.165) is 16.9 Å². The summed E-state index contributed by atoms with van der Waals surface area (Å²) in [5.74, 6) is 1.35. The van der Waals surface area contributed by atoms with Gasteiger partial charge in [0.15, 0.2) is 0 Å². The zero-order chi connectivity index (χ0) is 13.1. The molecule has 0 heterocycles. The van der Waals surface area contributed by atoms with Crippen LogP contribution in [0.5, 0.6) is 11.5 Å². The van der Waals surface area contributed by atoms with E-state index in [1.54, 1.807) is 18.2 Å². The number of hydrogen-bond acceptors (Lipinski definition) is 2. The molecule has 0 bridgehead atoms. The minimum absolute atomic E-state index is 0.139. The van der Waals surface area contributed by atoms with Crippen molar-refractivity contribution in [1.29, 1.82) is 0 Å². The van der Waals surface area contributed by atoms with E-state index >= 15 is 0 Å². The number of halogens is 1. The summed E-state index contributed by atoms with van der Waals surface area (Å²) in [6.07, 6.45) is 0. The zero-order valence-electron chi connectivity index (χ0n) is 10.4. The molecule has 0 saturated heterocycles. The Morgan fingerprint density at radius 3 is 2.39 bits per heavy atom. The van der Waals surface area contributed by atoms with Crippen molar-refractivity contribution in [3.8, 4) is 11.5 Å². The van der Waals surface area contributed by atoms with Crippen molar-refractivity contribution in [2.24, 2.45) is 0 Å². The van der Waals surface area contributed by atoms with Crippen LogP contribution in [0.25, 0.3) is 0 Å². The van der Waals surface area contributed by atoms with Gasteiger partial charge in [-0.25, -0.2) is 0 Å². The molecule has 0 saturated carbocycles. The van der Waals surface area contributed by atoms with Crippen LogP contribution in [-0.2, 0) is 6.61 Å². The summed E-state index contributed by atoms with van der Waals surface area (Å²) in [7, 11) is 0. The molecule has 2 aromatic carbocycles. The maximum absolute atomic E-state index is 9.32. The van der Waals surface area contributed by atoms with Crippen LogP contribution in [0.3, 0.4) is 0 Å². The third kappa shape index (κ3) is 2.84. The molecule has 0 atom stereocenters. The van der Waals surface area contributed by atoms with E-state index in [1.807, 2.05) is 26.0 Å². The summed E-state index contributed by atoms with van der Waals surface area (Å²) >= 11 is 6.02. The molecule has 0 spiro atoms. The Morgan fingerprint density at radius 1 is 1.11 bits per heavy atom. The molecule has 0 amide bonds. The Bertz CT molecular complexity index is 544. The van der Waals surface area contributed by atoms with E-state index in [-0.39, 0.29) is 6.61 Å². The molecule has 0 aliphatic heterocycles. The van der Waals surface area contributed by atoms with Crippen molar-refractivity contribution in [3.63, 3.8) is 0 Å². The highest BCUT2D eigenvalue weighted by Gasteiger charge is 2.08. The van der Waals surface area contributed by atoms with Crippen molar-refractivity contribution in [2.75, 3.05) is 0 Å². The normalized spacial score (nSPS) is 10.4. The standard InChI is InChI=1S/C15H15ClO2/c1-10-6-11(2)8-12(7-10)18-15-5-3-4-14(16)13(15)9-17/h3-8,17H,9H2,1-2H3. The Hall–Kier alpha value is -1.51. The number of hydrogen-bond donors (Lipinski definition) is 1. The highest BCUT2D eigenvalue weighted by molar-refractivity contribution is 6.31. The highest BCUT2D eigenvalue weighted by atomic mass is 35.5. The summed E-state index contributed by atoms with van der Waals surface area (Å²) in [5.41, 5.74) is 2.88. The Kier molecular flexibility index (Phi) is 3.90. The molecule has 0 aliphatic carbocycles. The van der Waals surface area contributed by atoms with Crippen molar-refractivity contribution in [1.82, 2.24) is 0 Å². The molecular weight excluding hydrogens is 248 g/mol. The molecule has 0 aromatic heterocycles. The molecule has 2 rings (SSSR count). The number of aryl methyl sites for hydroxylation is 2. The summed E-state index contributed by atoms with van der Waals surface area (Å²) in [4.78, 5) is 0. The van der Waals surface area contributed by atoms with Gasteiger partial charge < -0.3 is 9.84 Å². The SMILES string of the molecule is Cc1cc(C)cc(Oc2cccc(Cl)c2CO)c1. The quantitative estimate of drug-likeness (QED) is 0.896. The molecule has 94 valence electrons. The van der Waals surface area contributed by atoms with E-state index in [1.165, 1.54) is 0 Å². The predicted molar refractivity (Wildman–Crippen MR) is 73.4 cm³/mol. The van der Waals surface area contributed by atoms with Gasteiger partial charge >= 0.3 is 0 Å². The Labute approximate surface area is 112 Å². The zero-order valence-corrected chi connectivity index (χ0v) is 11.2. The van der Waals surface area contributed by atoms with Crippen molar-refractivity contribution in [2.45, 2.75) is 20.5 Å². The van der Waals surface area contributed by atoms with Crippen LogP contribution < -0.4 is 4.74 Å². The van der Waals surface area contributed by atoms with E-state index in [4.69, 9.17) is 16.3 Å². The van der Waals surface area contributed by atoms with Crippen LogP contribution in [0, 0.1) is 13.8 Å².